The Kier molecular flexibility index (Phi) is 8.35. The minimum atomic E-state index is -3.51. The van der Waals surface area contributed by atoms with Crippen molar-refractivity contribution in [3.8, 4) is 0 Å². The third-order valence-electron chi connectivity index (χ3n) is 3.45. The molecule has 24 heavy (non-hydrogen) atoms. The van der Waals surface area contributed by atoms with Crippen molar-refractivity contribution >= 4 is 6.09 Å². The number of aliphatic hydroxyl groups excluding tert-OH is 1. The van der Waals surface area contributed by atoms with Crippen LogP contribution in [0, 0.1) is 0 Å². The number of benzene rings is 1. The Bertz CT molecular complexity index is 511. The fraction of sp³-hybridized carbons (Fsp3) is 0.471. The molecular formula is C17H23F2NO4. The monoisotopic (exact) mass is 343 g/mol. The summed E-state index contributed by atoms with van der Waals surface area (Å²) in [5.74, 6) is -3.51. The highest BCUT2D eigenvalue weighted by atomic mass is 19.3. The van der Waals surface area contributed by atoms with Crippen LogP contribution in [0.3, 0.4) is 0 Å². The van der Waals surface area contributed by atoms with Gasteiger partial charge in [0.25, 0.3) is 5.92 Å². The van der Waals surface area contributed by atoms with Crippen LogP contribution in [0.15, 0.2) is 43.0 Å². The number of aliphatic hydroxyl groups is 1. The topological polar surface area (TPSA) is 59.0 Å². The Hall–Kier alpha value is -1.99. The van der Waals surface area contributed by atoms with E-state index in [1.807, 2.05) is 6.07 Å². The number of hydrogen-bond acceptors (Lipinski definition) is 4. The van der Waals surface area contributed by atoms with Gasteiger partial charge in [0.05, 0.1) is 7.11 Å². The fourth-order valence-corrected chi connectivity index (χ4v) is 2.17. The third-order valence-corrected chi connectivity index (χ3v) is 3.45. The fourth-order valence-electron chi connectivity index (χ4n) is 2.17. The van der Waals surface area contributed by atoms with Gasteiger partial charge >= 0.3 is 6.09 Å². The zero-order valence-corrected chi connectivity index (χ0v) is 13.7. The SMILES string of the molecule is C=CCCC[C@@H](N(OC)C(=O)OCc1ccccc1)C(F)(F)CO. The molecule has 0 aliphatic rings. The molecule has 0 spiro atoms. The van der Waals surface area contributed by atoms with Gasteiger partial charge in [0.15, 0.2) is 0 Å². The van der Waals surface area contributed by atoms with Crippen molar-refractivity contribution < 1.29 is 28.3 Å². The van der Waals surface area contributed by atoms with Gasteiger partial charge in [-0.15, -0.1) is 6.58 Å². The lowest BCUT2D eigenvalue weighted by Crippen LogP contribution is -2.51. The molecule has 0 unspecified atom stereocenters. The molecule has 0 aliphatic heterocycles. The van der Waals surface area contributed by atoms with Gasteiger partial charge in [0.1, 0.15) is 19.3 Å². The number of rotatable bonds is 10. The lowest BCUT2D eigenvalue weighted by atomic mass is 10.0. The molecule has 0 aliphatic carbocycles. The molecule has 0 heterocycles. The lowest BCUT2D eigenvalue weighted by molar-refractivity contribution is -0.211. The van der Waals surface area contributed by atoms with Crippen molar-refractivity contribution in [2.75, 3.05) is 13.7 Å². The van der Waals surface area contributed by atoms with Crippen LogP contribution < -0.4 is 0 Å². The summed E-state index contributed by atoms with van der Waals surface area (Å²) in [5.41, 5.74) is 0.721. The van der Waals surface area contributed by atoms with E-state index >= 15 is 0 Å². The third kappa shape index (κ3) is 5.90. The van der Waals surface area contributed by atoms with Crippen LogP contribution in [-0.2, 0) is 16.2 Å². The van der Waals surface area contributed by atoms with Gasteiger partial charge in [-0.05, 0) is 24.8 Å². The first kappa shape index (κ1) is 20.1. The molecule has 0 radical (unpaired) electrons. The van der Waals surface area contributed by atoms with Crippen LogP contribution in [0.2, 0.25) is 0 Å². The predicted molar refractivity (Wildman–Crippen MR) is 85.3 cm³/mol. The van der Waals surface area contributed by atoms with Crippen LogP contribution in [0.1, 0.15) is 24.8 Å². The molecule has 0 bridgehead atoms. The Morgan fingerprint density at radius 3 is 2.62 bits per heavy atom. The Labute approximate surface area is 140 Å². The number of ether oxygens (including phenoxy) is 1. The van der Waals surface area contributed by atoms with E-state index in [2.05, 4.69) is 6.58 Å². The summed E-state index contributed by atoms with van der Waals surface area (Å²) in [6, 6.07) is 7.22. The highest BCUT2D eigenvalue weighted by molar-refractivity contribution is 5.67. The van der Waals surface area contributed by atoms with Crippen LogP contribution >= 0.6 is 0 Å². The Morgan fingerprint density at radius 2 is 2.08 bits per heavy atom. The number of allylic oxidation sites excluding steroid dienone is 1. The Balaban J connectivity index is 2.78. The molecule has 0 saturated heterocycles. The van der Waals surface area contributed by atoms with Crippen LogP contribution in [-0.4, -0.2) is 41.9 Å². The second-order valence-electron chi connectivity index (χ2n) is 5.20. The van der Waals surface area contributed by atoms with Gasteiger partial charge in [-0.3, -0.25) is 4.84 Å². The molecular weight excluding hydrogens is 320 g/mol. The maximum atomic E-state index is 14.0. The normalized spacial score (nSPS) is 12.5. The molecule has 1 amide bonds. The van der Waals surface area contributed by atoms with Crippen molar-refractivity contribution in [1.29, 1.82) is 0 Å². The number of alkyl halides is 2. The molecule has 134 valence electrons. The minimum absolute atomic E-state index is 0.0616. The first-order chi connectivity index (χ1) is 11.5. The quantitative estimate of drug-likeness (QED) is 0.401. The van der Waals surface area contributed by atoms with Gasteiger partial charge in [-0.25, -0.2) is 13.6 Å². The Morgan fingerprint density at radius 1 is 1.42 bits per heavy atom. The predicted octanol–water partition coefficient (Wildman–Crippen LogP) is 3.54. The molecule has 5 nitrogen and oxygen atoms in total. The summed E-state index contributed by atoms with van der Waals surface area (Å²) in [6.45, 7) is 2.07. The van der Waals surface area contributed by atoms with E-state index < -0.39 is 24.7 Å². The van der Waals surface area contributed by atoms with Crippen molar-refractivity contribution in [2.45, 2.75) is 37.8 Å². The average molecular weight is 343 g/mol. The van der Waals surface area contributed by atoms with Crippen molar-refractivity contribution in [2.24, 2.45) is 0 Å². The second kappa shape index (κ2) is 10.00. The van der Waals surface area contributed by atoms with Crippen molar-refractivity contribution in [1.82, 2.24) is 5.06 Å². The maximum absolute atomic E-state index is 14.0. The largest absolute Gasteiger partial charge is 0.443 e. The molecule has 1 aromatic rings. The molecule has 1 rings (SSSR count). The van der Waals surface area contributed by atoms with E-state index in [1.54, 1.807) is 30.3 Å². The summed E-state index contributed by atoms with van der Waals surface area (Å²) in [4.78, 5) is 17.0. The van der Waals surface area contributed by atoms with Gasteiger partial charge in [-0.2, -0.15) is 5.06 Å². The number of carbonyl (C=O) groups excluding carboxylic acids is 1. The van der Waals surface area contributed by atoms with Crippen LogP contribution in [0.5, 0.6) is 0 Å². The highest BCUT2D eigenvalue weighted by Crippen LogP contribution is 2.28. The molecule has 7 heteroatoms. The van der Waals surface area contributed by atoms with Crippen molar-refractivity contribution in [3.05, 3.63) is 48.6 Å². The van der Waals surface area contributed by atoms with Gasteiger partial charge in [0, 0.05) is 0 Å². The summed E-state index contributed by atoms with van der Waals surface area (Å²) in [5, 5.41) is 9.44. The summed E-state index contributed by atoms with van der Waals surface area (Å²) in [6.07, 6.45) is 1.38. The molecule has 1 atom stereocenters. The molecule has 1 aromatic carbocycles. The molecule has 0 fully saturated rings. The number of hydrogen-bond donors (Lipinski definition) is 1. The highest BCUT2D eigenvalue weighted by Gasteiger charge is 2.45. The number of carbonyl (C=O) groups is 1. The van der Waals surface area contributed by atoms with E-state index in [0.717, 1.165) is 12.7 Å². The smallest absolute Gasteiger partial charge is 0.434 e. The van der Waals surface area contributed by atoms with Crippen molar-refractivity contribution in [3.63, 3.8) is 0 Å². The first-order valence-electron chi connectivity index (χ1n) is 7.59. The van der Waals surface area contributed by atoms with Gasteiger partial charge in [0.2, 0.25) is 0 Å². The number of unbranched alkanes of at least 4 members (excludes halogenated alkanes) is 1. The zero-order chi connectivity index (χ0) is 18.0. The number of halogens is 2. The van der Waals surface area contributed by atoms with E-state index in [0.29, 0.717) is 17.9 Å². The molecule has 0 saturated carbocycles. The van der Waals surface area contributed by atoms with Crippen LogP contribution in [0.25, 0.3) is 0 Å². The van der Waals surface area contributed by atoms with E-state index in [-0.39, 0.29) is 13.0 Å². The summed E-state index contributed by atoms with van der Waals surface area (Å²) in [7, 11) is 1.11. The van der Waals surface area contributed by atoms with E-state index in [1.165, 1.54) is 0 Å². The second-order valence-corrected chi connectivity index (χ2v) is 5.20. The maximum Gasteiger partial charge on any atom is 0.434 e. The summed E-state index contributed by atoms with van der Waals surface area (Å²) < 4.78 is 33.0. The lowest BCUT2D eigenvalue weighted by Gasteiger charge is -2.33. The van der Waals surface area contributed by atoms with Crippen LogP contribution in [0.4, 0.5) is 13.6 Å². The summed E-state index contributed by atoms with van der Waals surface area (Å²) >= 11 is 0. The van der Waals surface area contributed by atoms with E-state index in [9.17, 15) is 13.6 Å². The standard InChI is InChI=1S/C17H23F2NO4/c1-3-4-6-11-15(17(18,19)13-21)20(23-2)16(22)24-12-14-9-7-5-8-10-14/h3,5,7-10,15,21H,1,4,6,11-13H2,2H3/t15-/m1/s1. The number of amides is 1. The minimum Gasteiger partial charge on any atom is -0.443 e. The zero-order valence-electron chi connectivity index (χ0n) is 13.7. The number of hydroxylamine groups is 2. The van der Waals surface area contributed by atoms with Gasteiger partial charge < -0.3 is 9.84 Å². The van der Waals surface area contributed by atoms with Gasteiger partial charge in [-0.1, -0.05) is 36.4 Å². The molecule has 0 aromatic heterocycles. The first-order valence-corrected chi connectivity index (χ1v) is 7.59. The van der Waals surface area contributed by atoms with E-state index in [4.69, 9.17) is 14.7 Å². The molecule has 1 N–H and O–H groups in total. The average Bonchev–Trinajstić information content (AvgIpc) is 2.60. The number of nitrogens with zero attached hydrogens (tertiary/aromatic N) is 1.